The molecule has 1 heterocycles. The molecular weight excluding hydrogens is 428 g/mol. The maximum absolute atomic E-state index is 12.8. The maximum atomic E-state index is 12.8. The fourth-order valence-corrected chi connectivity index (χ4v) is 3.14. The Balaban J connectivity index is 2.03. The summed E-state index contributed by atoms with van der Waals surface area (Å²) in [5.41, 5.74) is 0.942. The third-order valence-electron chi connectivity index (χ3n) is 3.45. The van der Waals surface area contributed by atoms with E-state index in [-0.39, 0.29) is 21.5 Å². The van der Waals surface area contributed by atoms with Gasteiger partial charge in [-0.15, -0.1) is 0 Å². The van der Waals surface area contributed by atoms with E-state index in [0.29, 0.717) is 11.3 Å². The zero-order valence-electron chi connectivity index (χ0n) is 12.5. The number of nitrogens with zero attached hydrogens (tertiary/aromatic N) is 1. The van der Waals surface area contributed by atoms with Crippen molar-refractivity contribution in [2.45, 2.75) is 0 Å². The molecule has 126 valence electrons. The fourth-order valence-electron chi connectivity index (χ4n) is 2.29. The summed E-state index contributed by atoms with van der Waals surface area (Å²) in [6, 6.07) is 11.4. The first kappa shape index (κ1) is 17.6. The lowest BCUT2D eigenvalue weighted by molar-refractivity contribution is -0.122. The molecule has 8 heteroatoms. The van der Waals surface area contributed by atoms with E-state index in [4.69, 9.17) is 23.8 Å². The molecule has 2 aromatic rings. The number of nitrogens with one attached hydrogen (secondary N) is 1. The highest BCUT2D eigenvalue weighted by Gasteiger charge is 2.34. The molecule has 0 aromatic heterocycles. The average Bonchev–Trinajstić information content (AvgIpc) is 2.54. The van der Waals surface area contributed by atoms with Gasteiger partial charge in [0.1, 0.15) is 11.3 Å². The molecule has 25 heavy (non-hydrogen) atoms. The van der Waals surface area contributed by atoms with Gasteiger partial charge >= 0.3 is 0 Å². The Bertz CT molecular complexity index is 945. The molecule has 2 N–H and O–H groups in total. The van der Waals surface area contributed by atoms with Crippen LogP contribution >= 0.6 is 39.7 Å². The lowest BCUT2D eigenvalue weighted by Gasteiger charge is -2.29. The molecule has 0 spiro atoms. The van der Waals surface area contributed by atoms with Gasteiger partial charge in [-0.25, -0.2) is 0 Å². The van der Waals surface area contributed by atoms with E-state index >= 15 is 0 Å². The Morgan fingerprint density at radius 2 is 1.96 bits per heavy atom. The fraction of sp³-hybridized carbons (Fsp3) is 0. The summed E-state index contributed by atoms with van der Waals surface area (Å²) in [7, 11) is 0. The summed E-state index contributed by atoms with van der Waals surface area (Å²) in [5, 5.41) is 12.1. The summed E-state index contributed by atoms with van der Waals surface area (Å²) in [6.45, 7) is 0. The van der Waals surface area contributed by atoms with Crippen LogP contribution in [0.4, 0.5) is 5.69 Å². The van der Waals surface area contributed by atoms with Crippen molar-refractivity contribution in [3.63, 3.8) is 0 Å². The van der Waals surface area contributed by atoms with Gasteiger partial charge in [0.05, 0.1) is 10.7 Å². The highest BCUT2D eigenvalue weighted by molar-refractivity contribution is 9.10. The standard InChI is InChI=1S/C17H10BrClN2O3S/c18-10-2-1-3-11(8-10)21-16(24)12(15(23)20-17(21)25)6-9-4-5-14(22)13(19)7-9/h1-8,22H,(H,20,23,25)/b12-6-. The van der Waals surface area contributed by atoms with E-state index in [1.54, 1.807) is 24.3 Å². The van der Waals surface area contributed by atoms with E-state index in [1.165, 1.54) is 23.1 Å². The van der Waals surface area contributed by atoms with Gasteiger partial charge < -0.3 is 5.11 Å². The molecule has 1 saturated heterocycles. The number of rotatable bonds is 2. The van der Waals surface area contributed by atoms with Crippen LogP contribution in [0.5, 0.6) is 5.75 Å². The summed E-state index contributed by atoms with van der Waals surface area (Å²) in [4.78, 5) is 26.3. The molecule has 0 aliphatic carbocycles. The first-order valence-corrected chi connectivity index (χ1v) is 8.60. The van der Waals surface area contributed by atoms with E-state index in [9.17, 15) is 14.7 Å². The second-order valence-corrected chi connectivity index (χ2v) is 6.86. The van der Waals surface area contributed by atoms with E-state index in [0.717, 1.165) is 4.47 Å². The van der Waals surface area contributed by atoms with Gasteiger partial charge in [-0.2, -0.15) is 0 Å². The highest BCUT2D eigenvalue weighted by Crippen LogP contribution is 2.27. The summed E-state index contributed by atoms with van der Waals surface area (Å²) in [5.74, 6) is -1.22. The largest absolute Gasteiger partial charge is 0.506 e. The van der Waals surface area contributed by atoms with Crippen LogP contribution in [0.2, 0.25) is 5.02 Å². The van der Waals surface area contributed by atoms with Crippen LogP contribution in [-0.4, -0.2) is 22.0 Å². The smallest absolute Gasteiger partial charge is 0.270 e. The average molecular weight is 438 g/mol. The first-order valence-electron chi connectivity index (χ1n) is 7.02. The second kappa shape index (κ2) is 6.95. The van der Waals surface area contributed by atoms with Crippen LogP contribution in [0.3, 0.4) is 0 Å². The molecule has 0 saturated carbocycles. The lowest BCUT2D eigenvalue weighted by Crippen LogP contribution is -2.54. The minimum Gasteiger partial charge on any atom is -0.506 e. The Labute approximate surface area is 162 Å². The molecule has 0 bridgehead atoms. The molecule has 0 radical (unpaired) electrons. The van der Waals surface area contributed by atoms with Gasteiger partial charge in [-0.3, -0.25) is 19.8 Å². The van der Waals surface area contributed by atoms with Crippen LogP contribution in [0.1, 0.15) is 5.56 Å². The van der Waals surface area contributed by atoms with Gasteiger partial charge in [0, 0.05) is 4.47 Å². The molecule has 0 unspecified atom stereocenters. The predicted octanol–water partition coefficient (Wildman–Crippen LogP) is 3.64. The number of thiocarbonyl (C=S) groups is 1. The van der Waals surface area contributed by atoms with Crippen molar-refractivity contribution in [3.8, 4) is 5.75 Å². The van der Waals surface area contributed by atoms with Crippen molar-refractivity contribution in [2.75, 3.05) is 4.90 Å². The zero-order chi connectivity index (χ0) is 18.1. The number of benzene rings is 2. The van der Waals surface area contributed by atoms with E-state index < -0.39 is 11.8 Å². The van der Waals surface area contributed by atoms with Crippen molar-refractivity contribution in [2.24, 2.45) is 0 Å². The third-order valence-corrected chi connectivity index (χ3v) is 4.53. The summed E-state index contributed by atoms with van der Waals surface area (Å²) < 4.78 is 0.772. The Kier molecular flexibility index (Phi) is 4.89. The van der Waals surface area contributed by atoms with Crippen LogP contribution in [-0.2, 0) is 9.59 Å². The Hall–Kier alpha value is -2.22. The Morgan fingerprint density at radius 1 is 1.20 bits per heavy atom. The minimum atomic E-state index is -0.592. The number of phenols is 1. The zero-order valence-corrected chi connectivity index (χ0v) is 15.7. The number of phenolic OH excluding ortho intramolecular Hbond substituents is 1. The van der Waals surface area contributed by atoms with Crippen molar-refractivity contribution >= 4 is 68.4 Å². The topological polar surface area (TPSA) is 69.6 Å². The molecule has 3 rings (SSSR count). The molecule has 5 nitrogen and oxygen atoms in total. The van der Waals surface area contributed by atoms with Crippen molar-refractivity contribution < 1.29 is 14.7 Å². The van der Waals surface area contributed by atoms with Crippen LogP contribution in [0.25, 0.3) is 6.08 Å². The number of hydrogen-bond donors (Lipinski definition) is 2. The van der Waals surface area contributed by atoms with Crippen molar-refractivity contribution in [1.82, 2.24) is 5.32 Å². The number of halogens is 2. The van der Waals surface area contributed by atoms with Crippen LogP contribution in [0.15, 0.2) is 52.5 Å². The molecule has 2 amide bonds. The molecular formula is C17H10BrClN2O3S. The molecule has 1 aliphatic rings. The monoisotopic (exact) mass is 436 g/mol. The van der Waals surface area contributed by atoms with Gasteiger partial charge in [-0.1, -0.05) is 39.7 Å². The number of carbonyl (C=O) groups is 2. The van der Waals surface area contributed by atoms with Gasteiger partial charge in [-0.05, 0) is 54.2 Å². The van der Waals surface area contributed by atoms with Crippen molar-refractivity contribution in [1.29, 1.82) is 0 Å². The molecule has 2 aromatic carbocycles. The van der Waals surface area contributed by atoms with Gasteiger partial charge in [0.2, 0.25) is 0 Å². The van der Waals surface area contributed by atoms with Crippen LogP contribution in [0, 0.1) is 0 Å². The van der Waals surface area contributed by atoms with Crippen LogP contribution < -0.4 is 10.2 Å². The molecule has 1 aliphatic heterocycles. The predicted molar refractivity (Wildman–Crippen MR) is 103 cm³/mol. The summed E-state index contributed by atoms with van der Waals surface area (Å²) in [6.07, 6.45) is 1.40. The normalized spacial score (nSPS) is 16.3. The Morgan fingerprint density at radius 3 is 2.64 bits per heavy atom. The number of carbonyl (C=O) groups excluding carboxylic acids is 2. The molecule has 1 fully saturated rings. The number of anilines is 1. The number of aromatic hydroxyl groups is 1. The van der Waals surface area contributed by atoms with E-state index in [2.05, 4.69) is 21.2 Å². The van der Waals surface area contributed by atoms with E-state index in [1.807, 2.05) is 6.07 Å². The van der Waals surface area contributed by atoms with Crippen molar-refractivity contribution in [3.05, 3.63) is 63.1 Å². The SMILES string of the molecule is O=C1NC(=S)N(c2cccc(Br)c2)C(=O)/C1=C\c1ccc(O)c(Cl)c1. The van der Waals surface area contributed by atoms with Gasteiger partial charge in [0.25, 0.3) is 11.8 Å². The summed E-state index contributed by atoms with van der Waals surface area (Å²) >= 11 is 14.3. The lowest BCUT2D eigenvalue weighted by atomic mass is 10.1. The molecule has 0 atom stereocenters. The first-order chi connectivity index (χ1) is 11.9. The number of hydrogen-bond acceptors (Lipinski definition) is 4. The quantitative estimate of drug-likeness (QED) is 0.428. The second-order valence-electron chi connectivity index (χ2n) is 5.15. The number of amides is 2. The third kappa shape index (κ3) is 3.58. The van der Waals surface area contributed by atoms with Gasteiger partial charge in [0.15, 0.2) is 5.11 Å². The highest BCUT2D eigenvalue weighted by atomic mass is 79.9. The maximum Gasteiger partial charge on any atom is 0.270 e. The minimum absolute atomic E-state index is 0.00832.